The van der Waals surface area contributed by atoms with E-state index in [0.29, 0.717) is 29.7 Å². The van der Waals surface area contributed by atoms with Gasteiger partial charge in [0.25, 0.3) is 0 Å². The van der Waals surface area contributed by atoms with Crippen LogP contribution in [-0.4, -0.2) is 27.7 Å². The second-order valence-corrected chi connectivity index (χ2v) is 9.04. The van der Waals surface area contributed by atoms with E-state index in [1.807, 2.05) is 6.92 Å². The molecule has 3 rings (SSSR count). The summed E-state index contributed by atoms with van der Waals surface area (Å²) < 4.78 is 50.3. The summed E-state index contributed by atoms with van der Waals surface area (Å²) in [6, 6.07) is 6.47. The summed E-state index contributed by atoms with van der Waals surface area (Å²) in [7, 11) is 0. The number of hydrogen-bond acceptors (Lipinski definition) is 6. The van der Waals surface area contributed by atoms with Crippen molar-refractivity contribution in [2.45, 2.75) is 64.3 Å². The minimum Gasteiger partial charge on any atom is -0.450 e. The Morgan fingerprint density at radius 2 is 1.62 bits per heavy atom. The quantitative estimate of drug-likeness (QED) is 0.307. The van der Waals surface area contributed by atoms with Gasteiger partial charge in [0, 0.05) is 6.07 Å². The van der Waals surface area contributed by atoms with Gasteiger partial charge in [-0.1, -0.05) is 13.0 Å². The Hall–Kier alpha value is -3.27. The molecule has 10 heteroatoms. The van der Waals surface area contributed by atoms with E-state index >= 15 is 0 Å². The van der Waals surface area contributed by atoms with Crippen molar-refractivity contribution in [3.8, 4) is 11.5 Å². The number of halogens is 3. The van der Waals surface area contributed by atoms with Gasteiger partial charge in [0.05, 0.1) is 10.5 Å². The summed E-state index contributed by atoms with van der Waals surface area (Å²) in [6.07, 6.45) is -4.28. The van der Waals surface area contributed by atoms with Crippen molar-refractivity contribution in [2.75, 3.05) is 0 Å². The Bertz CT molecular complexity index is 1140. The third-order valence-electron chi connectivity index (χ3n) is 5.74. The van der Waals surface area contributed by atoms with Crippen LogP contribution in [0, 0.1) is 10.1 Å². The predicted molar refractivity (Wildman–Crippen MR) is 116 cm³/mol. The molecule has 2 aromatic carbocycles. The molecule has 1 aliphatic heterocycles. The molecule has 1 fully saturated rings. The average molecular weight is 479 g/mol. The second-order valence-electron chi connectivity index (χ2n) is 9.04. The van der Waals surface area contributed by atoms with Crippen LogP contribution in [0.5, 0.6) is 11.5 Å². The number of aryl methyl sites for hydroxylation is 1. The fourth-order valence-corrected chi connectivity index (χ4v) is 4.11. The Morgan fingerprint density at radius 3 is 2.12 bits per heavy atom. The summed E-state index contributed by atoms with van der Waals surface area (Å²) in [6.45, 7) is 8.15. The molecule has 1 aliphatic rings. The van der Waals surface area contributed by atoms with Crippen LogP contribution in [0.2, 0.25) is 0 Å². The fraction of sp³-hybridized carbons (Fsp3) is 0.417. The molecule has 0 atom stereocenters. The number of carbonyl (C=O) groups excluding carboxylic acids is 2. The topological polar surface area (TPSA) is 95.7 Å². The number of nitro groups is 1. The van der Waals surface area contributed by atoms with Crippen LogP contribution < -0.4 is 4.74 Å². The first-order chi connectivity index (χ1) is 15.6. The summed E-state index contributed by atoms with van der Waals surface area (Å²) in [5.74, 6) is -2.40. The molecule has 1 saturated heterocycles. The minimum absolute atomic E-state index is 0.0396. The molecule has 0 N–H and O–H groups in total. The Kier molecular flexibility index (Phi) is 6.34. The lowest BCUT2D eigenvalue weighted by atomic mass is 9.73. The molecule has 0 aromatic heterocycles. The first-order valence-corrected chi connectivity index (χ1v) is 10.5. The van der Waals surface area contributed by atoms with Crippen molar-refractivity contribution in [3.63, 3.8) is 0 Å². The number of rotatable bonds is 5. The van der Waals surface area contributed by atoms with Gasteiger partial charge in [-0.15, -0.1) is 0 Å². The van der Waals surface area contributed by atoms with E-state index < -0.39 is 56.8 Å². The van der Waals surface area contributed by atoms with Crippen molar-refractivity contribution >= 4 is 17.3 Å². The van der Waals surface area contributed by atoms with Crippen LogP contribution in [0.4, 0.5) is 18.9 Å². The molecule has 0 unspecified atom stereocenters. The highest BCUT2D eigenvalue weighted by Crippen LogP contribution is 2.42. The zero-order valence-corrected chi connectivity index (χ0v) is 19.3. The summed E-state index contributed by atoms with van der Waals surface area (Å²) in [4.78, 5) is 36.8. The largest absolute Gasteiger partial charge is 0.450 e. The van der Waals surface area contributed by atoms with Crippen LogP contribution in [0.15, 0.2) is 36.4 Å². The monoisotopic (exact) mass is 479 g/mol. The number of nitro benzene ring substituents is 1. The van der Waals surface area contributed by atoms with Gasteiger partial charge >= 0.3 is 11.9 Å². The maximum absolute atomic E-state index is 13.2. The van der Waals surface area contributed by atoms with Crippen molar-refractivity contribution in [1.82, 2.24) is 0 Å². The van der Waals surface area contributed by atoms with Crippen LogP contribution in [0.1, 0.15) is 57.2 Å². The van der Waals surface area contributed by atoms with Gasteiger partial charge in [-0.3, -0.25) is 19.7 Å². The van der Waals surface area contributed by atoms with Crippen LogP contribution in [0.25, 0.3) is 0 Å². The van der Waals surface area contributed by atoms with E-state index in [1.54, 1.807) is 33.8 Å². The normalized spacial score (nSPS) is 18.1. The molecule has 7 nitrogen and oxygen atoms in total. The zero-order valence-electron chi connectivity index (χ0n) is 19.3. The van der Waals surface area contributed by atoms with Crippen molar-refractivity contribution in [2.24, 2.45) is 0 Å². The first kappa shape index (κ1) is 25.4. The van der Waals surface area contributed by atoms with Gasteiger partial charge in [0.15, 0.2) is 11.6 Å². The van der Waals surface area contributed by atoms with Gasteiger partial charge < -0.3 is 9.47 Å². The van der Waals surface area contributed by atoms with E-state index in [4.69, 9.17) is 9.47 Å². The Balaban J connectivity index is 2.09. The molecule has 0 saturated carbocycles. The lowest BCUT2D eigenvalue weighted by molar-refractivity contribution is -0.385. The third-order valence-corrected chi connectivity index (χ3v) is 5.74. The molecule has 0 spiro atoms. The van der Waals surface area contributed by atoms with Gasteiger partial charge in [0.2, 0.25) is 5.75 Å². The van der Waals surface area contributed by atoms with Crippen LogP contribution in [0.3, 0.4) is 0 Å². The number of hydrogen-bond donors (Lipinski definition) is 0. The lowest BCUT2D eigenvalue weighted by Crippen LogP contribution is -2.58. The molecule has 0 amide bonds. The van der Waals surface area contributed by atoms with Crippen molar-refractivity contribution in [1.29, 1.82) is 0 Å². The number of Topliss-reactive ketones (excluding diaryl/α,β-unsaturated/α-hetero) is 2. The summed E-state index contributed by atoms with van der Waals surface area (Å²) in [5, 5.41) is 11.4. The molecule has 0 bridgehead atoms. The molecule has 34 heavy (non-hydrogen) atoms. The molecular weight excluding hydrogens is 455 g/mol. The highest BCUT2D eigenvalue weighted by atomic mass is 19.4. The van der Waals surface area contributed by atoms with Gasteiger partial charge in [-0.2, -0.15) is 13.2 Å². The first-order valence-electron chi connectivity index (χ1n) is 10.5. The van der Waals surface area contributed by atoms with E-state index in [-0.39, 0.29) is 5.75 Å². The fourth-order valence-electron chi connectivity index (χ4n) is 4.11. The van der Waals surface area contributed by atoms with Crippen molar-refractivity contribution in [3.05, 3.63) is 63.2 Å². The zero-order chi connectivity index (χ0) is 25.6. The van der Waals surface area contributed by atoms with Gasteiger partial charge in [-0.05, 0) is 69.5 Å². The molecule has 0 radical (unpaired) electrons. The molecular formula is C24H24F3NO6. The van der Waals surface area contributed by atoms with Gasteiger partial charge in [0.1, 0.15) is 22.9 Å². The number of ether oxygens (including phenoxy) is 2. The lowest BCUT2D eigenvalue weighted by Gasteiger charge is -2.43. The second kappa shape index (κ2) is 8.50. The van der Waals surface area contributed by atoms with E-state index in [9.17, 15) is 32.9 Å². The third kappa shape index (κ3) is 4.68. The molecule has 2 aromatic rings. The average Bonchev–Trinajstić information content (AvgIpc) is 2.71. The number of nitrogens with zero attached hydrogens (tertiary/aromatic N) is 1. The number of ketones is 2. The number of carbonyl (C=O) groups is 2. The maximum Gasteiger partial charge on any atom is 0.416 e. The van der Waals surface area contributed by atoms with E-state index in [1.165, 1.54) is 12.1 Å². The van der Waals surface area contributed by atoms with Crippen LogP contribution >= 0.6 is 0 Å². The van der Waals surface area contributed by atoms with Gasteiger partial charge in [-0.25, -0.2) is 0 Å². The number of alkyl halides is 3. The van der Waals surface area contributed by atoms with Crippen molar-refractivity contribution < 1.29 is 37.2 Å². The maximum atomic E-state index is 13.2. The van der Waals surface area contributed by atoms with Crippen LogP contribution in [-0.2, 0) is 26.9 Å². The van der Waals surface area contributed by atoms with E-state index in [0.717, 1.165) is 6.07 Å². The Morgan fingerprint density at radius 1 is 1.03 bits per heavy atom. The molecule has 1 heterocycles. The summed E-state index contributed by atoms with van der Waals surface area (Å²) >= 11 is 0. The standard InChI is InChI=1S/C24H24F3NO6/c1-6-13-7-9-15(33-18-10-8-14(24(25,26)27)11-17(18)28(31)32)12-16(13)19-20(29)22(2,3)34-23(4,5)21(19)30/h7-12,19H,6H2,1-5H3. The molecule has 182 valence electrons. The predicted octanol–water partition coefficient (Wildman–Crippen LogP) is 5.78. The smallest absolute Gasteiger partial charge is 0.416 e. The SMILES string of the molecule is CCc1ccc(Oc2ccc(C(F)(F)F)cc2[N+](=O)[O-])cc1C1C(=O)C(C)(C)OC(C)(C)C1=O. The molecule has 0 aliphatic carbocycles. The highest BCUT2D eigenvalue weighted by Gasteiger charge is 2.53. The summed E-state index contributed by atoms with van der Waals surface area (Å²) in [5.41, 5.74) is -3.47. The highest BCUT2D eigenvalue weighted by molar-refractivity contribution is 6.15. The van der Waals surface area contributed by atoms with E-state index in [2.05, 4.69) is 0 Å². The minimum atomic E-state index is -4.76. The number of benzene rings is 2. The Labute approximate surface area is 194 Å².